The van der Waals surface area contributed by atoms with E-state index < -0.39 is 0 Å². The van der Waals surface area contributed by atoms with Crippen molar-refractivity contribution in [2.24, 2.45) is 0 Å². The van der Waals surface area contributed by atoms with Crippen LogP contribution in [0.2, 0.25) is 0 Å². The van der Waals surface area contributed by atoms with Crippen molar-refractivity contribution in [2.45, 2.75) is 46.0 Å². The second-order valence-corrected chi connectivity index (χ2v) is 6.23. The minimum atomic E-state index is 0.224. The fourth-order valence-electron chi connectivity index (χ4n) is 2.44. The Hall–Kier alpha value is -1.56. The third-order valence-electron chi connectivity index (χ3n) is 3.60. The van der Waals surface area contributed by atoms with Gasteiger partial charge in [0.2, 0.25) is 0 Å². The maximum atomic E-state index is 2.26. The van der Waals surface area contributed by atoms with Crippen LogP contribution in [-0.4, -0.2) is 0 Å². The summed E-state index contributed by atoms with van der Waals surface area (Å²) in [6.07, 6.45) is 2.34. The Bertz CT molecular complexity index is 527. The highest BCUT2D eigenvalue weighted by atomic mass is 14.2. The van der Waals surface area contributed by atoms with Gasteiger partial charge in [0.15, 0.2) is 0 Å². The van der Waals surface area contributed by atoms with Gasteiger partial charge < -0.3 is 0 Å². The molecule has 0 fully saturated rings. The molecule has 2 aromatic rings. The van der Waals surface area contributed by atoms with Gasteiger partial charge in [-0.25, -0.2) is 0 Å². The SMILES string of the molecule is CCCc1ccccc1-c1ccc(C(C)(C)C)cc1. The minimum Gasteiger partial charge on any atom is -0.0651 e. The standard InChI is InChI=1S/C19H24/c1-5-8-15-9-6-7-10-18(15)16-11-13-17(14-12-16)19(2,3)4/h6-7,9-14H,5,8H2,1-4H3. The van der Waals surface area contributed by atoms with Crippen LogP contribution >= 0.6 is 0 Å². The quantitative estimate of drug-likeness (QED) is 0.666. The van der Waals surface area contributed by atoms with Gasteiger partial charge in [-0.3, -0.25) is 0 Å². The monoisotopic (exact) mass is 252 g/mol. The Labute approximate surface area is 117 Å². The second-order valence-electron chi connectivity index (χ2n) is 6.23. The van der Waals surface area contributed by atoms with Crippen LogP contribution in [0.15, 0.2) is 48.5 Å². The molecule has 2 rings (SSSR count). The van der Waals surface area contributed by atoms with Gasteiger partial charge in [-0.15, -0.1) is 0 Å². The molecule has 0 radical (unpaired) electrons. The first-order chi connectivity index (χ1) is 9.02. The number of hydrogen-bond acceptors (Lipinski definition) is 0. The molecule has 19 heavy (non-hydrogen) atoms. The highest BCUT2D eigenvalue weighted by Gasteiger charge is 2.13. The van der Waals surface area contributed by atoms with E-state index in [4.69, 9.17) is 0 Å². The molecule has 0 heteroatoms. The van der Waals surface area contributed by atoms with Crippen molar-refractivity contribution in [3.05, 3.63) is 59.7 Å². The molecule has 0 atom stereocenters. The van der Waals surface area contributed by atoms with Gasteiger partial charge in [-0.05, 0) is 34.1 Å². The number of rotatable bonds is 3. The molecule has 0 saturated heterocycles. The summed E-state index contributed by atoms with van der Waals surface area (Å²) in [6, 6.07) is 17.8. The van der Waals surface area contributed by atoms with E-state index in [2.05, 4.69) is 76.2 Å². The fourth-order valence-corrected chi connectivity index (χ4v) is 2.44. The molecule has 0 aromatic heterocycles. The lowest BCUT2D eigenvalue weighted by Crippen LogP contribution is -2.10. The van der Waals surface area contributed by atoms with Gasteiger partial charge in [0, 0.05) is 0 Å². The van der Waals surface area contributed by atoms with Crippen LogP contribution < -0.4 is 0 Å². The van der Waals surface area contributed by atoms with Crippen LogP contribution in [0, 0.1) is 0 Å². The summed E-state index contributed by atoms with van der Waals surface area (Å²) in [5, 5.41) is 0. The van der Waals surface area contributed by atoms with E-state index in [-0.39, 0.29) is 5.41 Å². The average molecular weight is 252 g/mol. The fraction of sp³-hybridized carbons (Fsp3) is 0.368. The van der Waals surface area contributed by atoms with Crippen LogP contribution in [0.5, 0.6) is 0 Å². The maximum absolute atomic E-state index is 2.26. The van der Waals surface area contributed by atoms with Crippen LogP contribution in [0.4, 0.5) is 0 Å². The topological polar surface area (TPSA) is 0 Å². The Morgan fingerprint density at radius 1 is 0.842 bits per heavy atom. The molecule has 0 aliphatic rings. The molecular weight excluding hydrogens is 228 g/mol. The van der Waals surface area contributed by atoms with Crippen LogP contribution in [0.25, 0.3) is 11.1 Å². The van der Waals surface area contributed by atoms with Gasteiger partial charge in [0.1, 0.15) is 0 Å². The summed E-state index contributed by atoms with van der Waals surface area (Å²) in [5.74, 6) is 0. The predicted octanol–water partition coefficient (Wildman–Crippen LogP) is 5.60. The Morgan fingerprint density at radius 2 is 1.47 bits per heavy atom. The van der Waals surface area contributed by atoms with Crippen molar-refractivity contribution in [2.75, 3.05) is 0 Å². The number of hydrogen-bond donors (Lipinski definition) is 0. The third-order valence-corrected chi connectivity index (χ3v) is 3.60. The minimum absolute atomic E-state index is 0.224. The van der Waals surface area contributed by atoms with Gasteiger partial charge >= 0.3 is 0 Å². The zero-order valence-corrected chi connectivity index (χ0v) is 12.5. The lowest BCUT2D eigenvalue weighted by Gasteiger charge is -2.19. The first-order valence-corrected chi connectivity index (χ1v) is 7.21. The van der Waals surface area contributed by atoms with Crippen LogP contribution in [-0.2, 0) is 11.8 Å². The Kier molecular flexibility index (Phi) is 4.09. The molecular formula is C19H24. The molecule has 0 nitrogen and oxygen atoms in total. The van der Waals surface area contributed by atoms with E-state index in [0.29, 0.717) is 0 Å². The van der Waals surface area contributed by atoms with Gasteiger partial charge in [-0.1, -0.05) is 82.6 Å². The summed E-state index contributed by atoms with van der Waals surface area (Å²) >= 11 is 0. The number of aryl methyl sites for hydroxylation is 1. The molecule has 100 valence electrons. The summed E-state index contributed by atoms with van der Waals surface area (Å²) in [5.41, 5.74) is 5.78. The lowest BCUT2D eigenvalue weighted by molar-refractivity contribution is 0.590. The van der Waals surface area contributed by atoms with Crippen molar-refractivity contribution in [3.63, 3.8) is 0 Å². The van der Waals surface area contributed by atoms with E-state index in [0.717, 1.165) is 6.42 Å². The van der Waals surface area contributed by atoms with Crippen LogP contribution in [0.3, 0.4) is 0 Å². The van der Waals surface area contributed by atoms with Gasteiger partial charge in [0.05, 0.1) is 0 Å². The smallest absolute Gasteiger partial charge is 0.0132 e. The molecule has 0 unspecified atom stereocenters. The van der Waals surface area contributed by atoms with Gasteiger partial charge in [0.25, 0.3) is 0 Å². The molecule has 0 heterocycles. The van der Waals surface area contributed by atoms with E-state index in [1.807, 2.05) is 0 Å². The summed E-state index contributed by atoms with van der Waals surface area (Å²) in [6.45, 7) is 9.01. The van der Waals surface area contributed by atoms with Crippen molar-refractivity contribution in [1.29, 1.82) is 0 Å². The normalized spacial score (nSPS) is 11.6. The maximum Gasteiger partial charge on any atom is -0.0132 e. The molecule has 0 spiro atoms. The lowest BCUT2D eigenvalue weighted by atomic mass is 9.86. The zero-order chi connectivity index (χ0) is 13.9. The zero-order valence-electron chi connectivity index (χ0n) is 12.5. The van der Waals surface area contributed by atoms with Crippen molar-refractivity contribution in [1.82, 2.24) is 0 Å². The van der Waals surface area contributed by atoms with Crippen molar-refractivity contribution < 1.29 is 0 Å². The van der Waals surface area contributed by atoms with E-state index in [9.17, 15) is 0 Å². The first kappa shape index (κ1) is 13.9. The Morgan fingerprint density at radius 3 is 2.05 bits per heavy atom. The van der Waals surface area contributed by atoms with E-state index >= 15 is 0 Å². The summed E-state index contributed by atoms with van der Waals surface area (Å²) in [4.78, 5) is 0. The first-order valence-electron chi connectivity index (χ1n) is 7.21. The molecule has 0 amide bonds. The molecule has 0 saturated carbocycles. The summed E-state index contributed by atoms with van der Waals surface area (Å²) in [7, 11) is 0. The van der Waals surface area contributed by atoms with E-state index in [1.54, 1.807) is 0 Å². The molecule has 2 aromatic carbocycles. The average Bonchev–Trinajstić information content (AvgIpc) is 2.39. The highest BCUT2D eigenvalue weighted by molar-refractivity contribution is 5.67. The van der Waals surface area contributed by atoms with Crippen molar-refractivity contribution >= 4 is 0 Å². The summed E-state index contributed by atoms with van der Waals surface area (Å²) < 4.78 is 0. The van der Waals surface area contributed by atoms with Gasteiger partial charge in [-0.2, -0.15) is 0 Å². The van der Waals surface area contributed by atoms with E-state index in [1.165, 1.54) is 28.7 Å². The second kappa shape index (κ2) is 5.61. The largest absolute Gasteiger partial charge is 0.0651 e. The Balaban J connectivity index is 2.37. The predicted molar refractivity (Wildman–Crippen MR) is 84.6 cm³/mol. The number of benzene rings is 2. The molecule has 0 aliphatic heterocycles. The third kappa shape index (κ3) is 3.26. The molecule has 0 N–H and O–H groups in total. The molecule has 0 aliphatic carbocycles. The molecule has 0 bridgehead atoms. The van der Waals surface area contributed by atoms with Crippen molar-refractivity contribution in [3.8, 4) is 11.1 Å². The highest BCUT2D eigenvalue weighted by Crippen LogP contribution is 2.28. The van der Waals surface area contributed by atoms with Crippen LogP contribution in [0.1, 0.15) is 45.2 Å².